The fourth-order valence-corrected chi connectivity index (χ4v) is 3.97. The van der Waals surface area contributed by atoms with E-state index in [4.69, 9.17) is 15.6 Å². The quantitative estimate of drug-likeness (QED) is 0.190. The van der Waals surface area contributed by atoms with Gasteiger partial charge in [0, 0.05) is 12.8 Å². The molecule has 0 fully saturated rings. The van der Waals surface area contributed by atoms with Crippen LogP contribution in [-0.2, 0) is 36.8 Å². The van der Waals surface area contributed by atoms with E-state index < -0.39 is 66.0 Å². The number of amides is 4. The SMILES string of the molecule is CC(C)(C)OC(=O)N[C@@H](Cc1ccccc1)[C@@H](O)CC(=O)NC(=O)[C@H](Cc1ccccc1)NC(=O)[C@@H](N)CCC(=O)O. The number of aliphatic carboxylic acids is 1. The van der Waals surface area contributed by atoms with Gasteiger partial charge in [-0.05, 0) is 44.7 Å². The molecule has 0 bridgehead atoms. The third kappa shape index (κ3) is 12.9. The molecule has 0 unspecified atom stereocenters. The van der Waals surface area contributed by atoms with Crippen molar-refractivity contribution < 1.29 is 38.9 Å². The molecule has 2 rings (SSSR count). The Balaban J connectivity index is 2.11. The third-order valence-electron chi connectivity index (χ3n) is 6.04. The monoisotopic (exact) mass is 584 g/mol. The summed E-state index contributed by atoms with van der Waals surface area (Å²) in [6, 6.07) is 14.5. The molecular weight excluding hydrogens is 544 g/mol. The van der Waals surface area contributed by atoms with Crippen molar-refractivity contribution in [2.75, 3.05) is 0 Å². The number of benzene rings is 2. The van der Waals surface area contributed by atoms with E-state index in [1.807, 2.05) is 6.07 Å². The Kier molecular flexibility index (Phi) is 13.1. The standard InChI is InChI=1S/C30H40N4O8/c1-30(2,3)42-29(41)33-22(16-19-10-6-4-7-11-19)24(35)18-25(36)34-28(40)23(17-20-12-8-5-9-13-20)32-27(39)21(31)14-15-26(37)38/h4-13,21-24,35H,14-18,31H2,1-3H3,(H,32,39)(H,33,41)(H,37,38)(H,34,36,40)/t21-,22-,23-,24-/m0/s1. The van der Waals surface area contributed by atoms with E-state index in [0.717, 1.165) is 5.56 Å². The molecule has 0 aliphatic heterocycles. The van der Waals surface area contributed by atoms with Gasteiger partial charge in [0.15, 0.2) is 0 Å². The van der Waals surface area contributed by atoms with E-state index in [1.165, 1.54) is 0 Å². The summed E-state index contributed by atoms with van der Waals surface area (Å²) in [6.07, 6.45) is -2.97. The lowest BCUT2D eigenvalue weighted by Crippen LogP contribution is -2.54. The van der Waals surface area contributed by atoms with Crippen molar-refractivity contribution in [2.24, 2.45) is 5.73 Å². The largest absolute Gasteiger partial charge is 0.481 e. The van der Waals surface area contributed by atoms with Gasteiger partial charge in [-0.1, -0.05) is 60.7 Å². The van der Waals surface area contributed by atoms with Crippen LogP contribution < -0.4 is 21.7 Å². The van der Waals surface area contributed by atoms with Crippen molar-refractivity contribution in [3.63, 3.8) is 0 Å². The van der Waals surface area contributed by atoms with Crippen LogP contribution in [0.15, 0.2) is 60.7 Å². The smallest absolute Gasteiger partial charge is 0.407 e. The van der Waals surface area contributed by atoms with E-state index in [-0.39, 0.29) is 25.7 Å². The summed E-state index contributed by atoms with van der Waals surface area (Å²) < 4.78 is 5.30. The molecule has 228 valence electrons. The number of nitrogens with two attached hydrogens (primary N) is 1. The van der Waals surface area contributed by atoms with Crippen molar-refractivity contribution in [1.29, 1.82) is 0 Å². The molecule has 0 saturated carbocycles. The Morgan fingerprint density at radius 2 is 1.40 bits per heavy atom. The van der Waals surface area contributed by atoms with Gasteiger partial charge in [0.1, 0.15) is 11.6 Å². The minimum atomic E-state index is -1.39. The van der Waals surface area contributed by atoms with Crippen LogP contribution in [-0.4, -0.2) is 69.8 Å². The zero-order chi connectivity index (χ0) is 31.3. The van der Waals surface area contributed by atoms with Crippen LogP contribution in [0.4, 0.5) is 4.79 Å². The average Bonchev–Trinajstić information content (AvgIpc) is 2.90. The van der Waals surface area contributed by atoms with Crippen molar-refractivity contribution >= 4 is 29.8 Å². The highest BCUT2D eigenvalue weighted by molar-refractivity contribution is 6.00. The fourth-order valence-electron chi connectivity index (χ4n) is 3.97. The molecule has 0 radical (unpaired) electrons. The number of aliphatic hydroxyl groups excluding tert-OH is 1. The number of imide groups is 1. The molecule has 0 heterocycles. The van der Waals surface area contributed by atoms with Crippen LogP contribution in [0.25, 0.3) is 0 Å². The van der Waals surface area contributed by atoms with Gasteiger partial charge in [-0.15, -0.1) is 0 Å². The molecule has 42 heavy (non-hydrogen) atoms. The Bertz CT molecular complexity index is 1200. The van der Waals surface area contributed by atoms with E-state index in [1.54, 1.807) is 75.4 Å². The lowest BCUT2D eigenvalue weighted by molar-refractivity contribution is -0.138. The number of ether oxygens (including phenoxy) is 1. The number of carbonyl (C=O) groups is 5. The number of carboxylic acids is 1. The van der Waals surface area contributed by atoms with Gasteiger partial charge in [0.05, 0.1) is 24.6 Å². The maximum atomic E-state index is 13.1. The molecule has 12 nitrogen and oxygen atoms in total. The summed E-state index contributed by atoms with van der Waals surface area (Å²) >= 11 is 0. The molecule has 0 saturated heterocycles. The van der Waals surface area contributed by atoms with Gasteiger partial charge in [-0.25, -0.2) is 4.79 Å². The summed E-state index contributed by atoms with van der Waals surface area (Å²) in [5.74, 6) is -3.54. The Morgan fingerprint density at radius 1 is 0.857 bits per heavy atom. The number of carboxylic acid groups (broad SMARTS) is 1. The van der Waals surface area contributed by atoms with E-state index >= 15 is 0 Å². The van der Waals surface area contributed by atoms with E-state index in [2.05, 4.69) is 16.0 Å². The summed E-state index contributed by atoms with van der Waals surface area (Å²) in [6.45, 7) is 5.08. The first kappa shape index (κ1) is 33.9. The van der Waals surface area contributed by atoms with Gasteiger partial charge in [-0.2, -0.15) is 0 Å². The predicted molar refractivity (Wildman–Crippen MR) is 154 cm³/mol. The maximum absolute atomic E-state index is 13.1. The molecule has 0 spiro atoms. The minimum absolute atomic E-state index is 0.0245. The third-order valence-corrected chi connectivity index (χ3v) is 6.04. The van der Waals surface area contributed by atoms with Crippen LogP contribution >= 0.6 is 0 Å². The van der Waals surface area contributed by atoms with E-state index in [9.17, 15) is 29.1 Å². The zero-order valence-electron chi connectivity index (χ0n) is 24.0. The zero-order valence-corrected chi connectivity index (χ0v) is 24.0. The van der Waals surface area contributed by atoms with E-state index in [0.29, 0.717) is 5.56 Å². The first-order valence-electron chi connectivity index (χ1n) is 13.6. The summed E-state index contributed by atoms with van der Waals surface area (Å²) in [5.41, 5.74) is 6.49. The number of nitrogens with one attached hydrogen (secondary N) is 3. The molecule has 2 aromatic rings. The van der Waals surface area contributed by atoms with Gasteiger partial charge < -0.3 is 31.3 Å². The first-order chi connectivity index (χ1) is 19.7. The molecule has 0 aromatic heterocycles. The molecule has 0 aliphatic rings. The first-order valence-corrected chi connectivity index (χ1v) is 13.6. The molecule has 4 amide bonds. The highest BCUT2D eigenvalue weighted by atomic mass is 16.6. The van der Waals surface area contributed by atoms with Crippen LogP contribution in [0.3, 0.4) is 0 Å². The molecule has 7 N–H and O–H groups in total. The van der Waals surface area contributed by atoms with Crippen molar-refractivity contribution in [3.05, 3.63) is 71.8 Å². The predicted octanol–water partition coefficient (Wildman–Crippen LogP) is 1.44. The molecule has 12 heteroatoms. The van der Waals surface area contributed by atoms with Crippen molar-refractivity contribution in [3.8, 4) is 0 Å². The Morgan fingerprint density at radius 3 is 1.93 bits per heavy atom. The minimum Gasteiger partial charge on any atom is -0.481 e. The van der Waals surface area contributed by atoms with Crippen LogP contribution in [0.5, 0.6) is 0 Å². The summed E-state index contributed by atoms with van der Waals surface area (Å²) in [7, 11) is 0. The normalized spacial score (nSPS) is 14.0. The Labute approximate surface area is 245 Å². The Hall–Kier alpha value is -4.29. The highest BCUT2D eigenvalue weighted by Gasteiger charge is 2.29. The van der Waals surface area contributed by atoms with Crippen LogP contribution in [0.1, 0.15) is 51.2 Å². The lowest BCUT2D eigenvalue weighted by Gasteiger charge is -2.27. The number of rotatable bonds is 14. The number of hydrogen-bond donors (Lipinski definition) is 6. The second-order valence-corrected chi connectivity index (χ2v) is 10.9. The van der Waals surface area contributed by atoms with Crippen molar-refractivity contribution in [2.45, 2.75) is 82.7 Å². The number of aliphatic hydroxyl groups is 1. The van der Waals surface area contributed by atoms with Crippen LogP contribution in [0, 0.1) is 0 Å². The molecule has 4 atom stereocenters. The highest BCUT2D eigenvalue weighted by Crippen LogP contribution is 2.12. The molecule has 0 aliphatic carbocycles. The van der Waals surface area contributed by atoms with Gasteiger partial charge in [-0.3, -0.25) is 24.5 Å². The second-order valence-electron chi connectivity index (χ2n) is 10.9. The maximum Gasteiger partial charge on any atom is 0.407 e. The number of carbonyl (C=O) groups excluding carboxylic acids is 4. The molecule has 2 aromatic carbocycles. The summed E-state index contributed by atoms with van der Waals surface area (Å²) in [4.78, 5) is 61.8. The number of alkyl carbamates (subject to hydrolysis) is 1. The lowest BCUT2D eigenvalue weighted by atomic mass is 9.99. The summed E-state index contributed by atoms with van der Waals surface area (Å²) in [5, 5.41) is 27.1. The number of hydrogen-bond acceptors (Lipinski definition) is 8. The van der Waals surface area contributed by atoms with Gasteiger partial charge in [0.2, 0.25) is 17.7 Å². The van der Waals surface area contributed by atoms with Crippen LogP contribution in [0.2, 0.25) is 0 Å². The molecular formula is C30H40N4O8. The van der Waals surface area contributed by atoms with Gasteiger partial charge in [0.25, 0.3) is 0 Å². The topological polar surface area (TPSA) is 197 Å². The fraction of sp³-hybridized carbons (Fsp3) is 0.433. The van der Waals surface area contributed by atoms with Gasteiger partial charge >= 0.3 is 12.1 Å². The average molecular weight is 585 g/mol. The van der Waals surface area contributed by atoms with Crippen molar-refractivity contribution in [1.82, 2.24) is 16.0 Å². The second kappa shape index (κ2) is 16.2.